The second kappa shape index (κ2) is 10.1. The smallest absolute Gasteiger partial charge is 0.317 e. The lowest BCUT2D eigenvalue weighted by Gasteiger charge is -2.25. The summed E-state index contributed by atoms with van der Waals surface area (Å²) in [4.78, 5) is 19.0. The molecule has 1 atom stereocenters. The average molecular weight is 386 g/mol. The van der Waals surface area contributed by atoms with E-state index in [9.17, 15) is 4.79 Å². The summed E-state index contributed by atoms with van der Waals surface area (Å²) in [5.41, 5.74) is 1.12. The van der Waals surface area contributed by atoms with Crippen LogP contribution in [0.15, 0.2) is 36.7 Å². The SMILES string of the molecule is CCCNC(=O)N(Cc1nccn1Cc1cccc(OC)c1)C[C@H]1CCCO1. The minimum atomic E-state index is -0.0618. The molecule has 0 bridgehead atoms. The van der Waals surface area contributed by atoms with Gasteiger partial charge in [-0.1, -0.05) is 19.1 Å². The van der Waals surface area contributed by atoms with Gasteiger partial charge < -0.3 is 24.3 Å². The summed E-state index contributed by atoms with van der Waals surface area (Å²) in [5, 5.41) is 2.98. The van der Waals surface area contributed by atoms with E-state index >= 15 is 0 Å². The fourth-order valence-electron chi connectivity index (χ4n) is 3.37. The van der Waals surface area contributed by atoms with Gasteiger partial charge in [-0.3, -0.25) is 0 Å². The van der Waals surface area contributed by atoms with E-state index in [1.165, 1.54) is 0 Å². The monoisotopic (exact) mass is 386 g/mol. The number of rotatable bonds is 9. The lowest BCUT2D eigenvalue weighted by Crippen LogP contribution is -2.44. The van der Waals surface area contributed by atoms with E-state index < -0.39 is 0 Å². The van der Waals surface area contributed by atoms with Crippen molar-refractivity contribution >= 4 is 6.03 Å². The van der Waals surface area contributed by atoms with Gasteiger partial charge in [-0.25, -0.2) is 9.78 Å². The molecule has 0 aliphatic carbocycles. The third-order valence-corrected chi connectivity index (χ3v) is 4.88. The van der Waals surface area contributed by atoms with Crippen LogP contribution in [0, 0.1) is 0 Å². The molecule has 1 aromatic carbocycles. The first-order chi connectivity index (χ1) is 13.7. The molecule has 2 amide bonds. The number of imidazole rings is 1. The van der Waals surface area contributed by atoms with Gasteiger partial charge in [0.25, 0.3) is 0 Å². The molecule has 3 rings (SSSR count). The Labute approximate surface area is 166 Å². The fourth-order valence-corrected chi connectivity index (χ4v) is 3.37. The molecule has 1 aromatic heterocycles. The maximum atomic E-state index is 12.7. The maximum absolute atomic E-state index is 12.7. The highest BCUT2D eigenvalue weighted by Crippen LogP contribution is 2.17. The van der Waals surface area contributed by atoms with Crippen LogP contribution in [0.3, 0.4) is 0 Å². The number of nitrogens with one attached hydrogen (secondary N) is 1. The van der Waals surface area contributed by atoms with Crippen LogP contribution in [0.4, 0.5) is 4.79 Å². The molecule has 0 radical (unpaired) electrons. The number of carbonyl (C=O) groups excluding carboxylic acids is 1. The van der Waals surface area contributed by atoms with Crippen molar-refractivity contribution < 1.29 is 14.3 Å². The van der Waals surface area contributed by atoms with Crippen molar-refractivity contribution in [2.45, 2.75) is 45.4 Å². The van der Waals surface area contributed by atoms with Crippen molar-refractivity contribution in [2.75, 3.05) is 26.8 Å². The third-order valence-electron chi connectivity index (χ3n) is 4.88. The van der Waals surface area contributed by atoms with E-state index in [1.807, 2.05) is 36.2 Å². The van der Waals surface area contributed by atoms with Gasteiger partial charge in [0.1, 0.15) is 11.6 Å². The number of urea groups is 1. The van der Waals surface area contributed by atoms with Gasteiger partial charge in [0.2, 0.25) is 0 Å². The Kier molecular flexibility index (Phi) is 7.31. The molecular weight excluding hydrogens is 356 g/mol. The number of aromatic nitrogens is 2. The van der Waals surface area contributed by atoms with Crippen molar-refractivity contribution in [3.05, 3.63) is 48.0 Å². The van der Waals surface area contributed by atoms with Gasteiger partial charge in [0.15, 0.2) is 0 Å². The molecule has 152 valence electrons. The molecule has 1 fully saturated rings. The maximum Gasteiger partial charge on any atom is 0.317 e. The van der Waals surface area contributed by atoms with Crippen LogP contribution < -0.4 is 10.1 Å². The first kappa shape index (κ1) is 20.2. The van der Waals surface area contributed by atoms with Gasteiger partial charge in [-0.2, -0.15) is 0 Å². The van der Waals surface area contributed by atoms with Crippen LogP contribution in [-0.2, 0) is 17.8 Å². The molecule has 2 heterocycles. The Morgan fingerprint density at radius 3 is 3.11 bits per heavy atom. The normalized spacial score (nSPS) is 16.1. The lowest BCUT2D eigenvalue weighted by molar-refractivity contribution is 0.0786. The zero-order valence-electron chi connectivity index (χ0n) is 16.8. The standard InChI is InChI=1S/C21H30N4O3/c1-3-9-23-21(26)25(15-19-8-5-12-28-19)16-20-22-10-11-24(20)14-17-6-4-7-18(13-17)27-2/h4,6-7,10-11,13,19H,3,5,8-9,12,14-16H2,1-2H3,(H,23,26)/t19-/m1/s1. The van der Waals surface area contributed by atoms with Crippen LogP contribution in [0.5, 0.6) is 5.75 Å². The molecule has 0 unspecified atom stereocenters. The number of hydrogen-bond acceptors (Lipinski definition) is 4. The highest BCUT2D eigenvalue weighted by molar-refractivity contribution is 5.74. The van der Waals surface area contributed by atoms with E-state index in [2.05, 4.69) is 20.9 Å². The number of hydrogen-bond donors (Lipinski definition) is 1. The summed E-state index contributed by atoms with van der Waals surface area (Å²) >= 11 is 0. The molecule has 1 N–H and O–H groups in total. The summed E-state index contributed by atoms with van der Waals surface area (Å²) in [6.45, 7) is 5.20. The molecule has 1 saturated heterocycles. The van der Waals surface area contributed by atoms with E-state index in [4.69, 9.17) is 9.47 Å². The Bertz CT molecular complexity index is 756. The zero-order chi connectivity index (χ0) is 19.8. The van der Waals surface area contributed by atoms with Crippen LogP contribution in [0.25, 0.3) is 0 Å². The van der Waals surface area contributed by atoms with Gasteiger partial charge in [-0.15, -0.1) is 0 Å². The number of amides is 2. The van der Waals surface area contributed by atoms with Crippen LogP contribution in [0.2, 0.25) is 0 Å². The molecule has 28 heavy (non-hydrogen) atoms. The third kappa shape index (κ3) is 5.48. The average Bonchev–Trinajstić information content (AvgIpc) is 3.38. The Balaban J connectivity index is 1.71. The van der Waals surface area contributed by atoms with Gasteiger partial charge in [-0.05, 0) is 37.0 Å². The predicted molar refractivity (Wildman–Crippen MR) is 107 cm³/mol. The summed E-state index contributed by atoms with van der Waals surface area (Å²) in [7, 11) is 1.67. The molecule has 1 aliphatic heterocycles. The van der Waals surface area contributed by atoms with Crippen molar-refractivity contribution in [2.24, 2.45) is 0 Å². The Hall–Kier alpha value is -2.54. The Morgan fingerprint density at radius 1 is 1.46 bits per heavy atom. The highest BCUT2D eigenvalue weighted by atomic mass is 16.5. The lowest BCUT2D eigenvalue weighted by atomic mass is 10.2. The summed E-state index contributed by atoms with van der Waals surface area (Å²) in [6.07, 6.45) is 6.79. The quantitative estimate of drug-likeness (QED) is 0.719. The van der Waals surface area contributed by atoms with Gasteiger partial charge in [0.05, 0.1) is 19.8 Å². The Morgan fingerprint density at radius 2 is 2.36 bits per heavy atom. The van der Waals surface area contributed by atoms with Crippen molar-refractivity contribution in [3.63, 3.8) is 0 Å². The fraction of sp³-hybridized carbons (Fsp3) is 0.524. The van der Waals surface area contributed by atoms with Gasteiger partial charge >= 0.3 is 6.03 Å². The number of ether oxygens (including phenoxy) is 2. The molecule has 1 aliphatic rings. The van der Waals surface area contributed by atoms with Crippen LogP contribution in [0.1, 0.15) is 37.6 Å². The summed E-state index contributed by atoms with van der Waals surface area (Å²) < 4.78 is 13.1. The number of benzene rings is 1. The first-order valence-corrected chi connectivity index (χ1v) is 9.97. The van der Waals surface area contributed by atoms with Gasteiger partial charge in [0, 0.05) is 38.6 Å². The predicted octanol–water partition coefficient (Wildman–Crippen LogP) is 3.04. The van der Waals surface area contributed by atoms with Crippen LogP contribution >= 0.6 is 0 Å². The molecule has 0 spiro atoms. The second-order valence-electron chi connectivity index (χ2n) is 7.07. The van der Waals surface area contributed by atoms with E-state index in [-0.39, 0.29) is 12.1 Å². The second-order valence-corrected chi connectivity index (χ2v) is 7.07. The first-order valence-electron chi connectivity index (χ1n) is 9.97. The molecule has 7 heteroatoms. The van der Waals surface area contributed by atoms with E-state index in [1.54, 1.807) is 13.3 Å². The van der Waals surface area contributed by atoms with E-state index in [0.29, 0.717) is 26.2 Å². The van der Waals surface area contributed by atoms with Crippen LogP contribution in [-0.4, -0.2) is 53.4 Å². The number of carbonyl (C=O) groups is 1. The minimum absolute atomic E-state index is 0.0618. The van der Waals surface area contributed by atoms with Crippen molar-refractivity contribution in [1.82, 2.24) is 19.8 Å². The van der Waals surface area contributed by atoms with E-state index in [0.717, 1.165) is 43.0 Å². The molecule has 7 nitrogen and oxygen atoms in total. The summed E-state index contributed by atoms with van der Waals surface area (Å²) in [5.74, 6) is 1.69. The highest BCUT2D eigenvalue weighted by Gasteiger charge is 2.23. The summed E-state index contributed by atoms with van der Waals surface area (Å²) in [6, 6.07) is 7.92. The molecule has 0 saturated carbocycles. The largest absolute Gasteiger partial charge is 0.497 e. The molecule has 2 aromatic rings. The topological polar surface area (TPSA) is 68.6 Å². The van der Waals surface area contributed by atoms with Crippen molar-refractivity contribution in [1.29, 1.82) is 0 Å². The van der Waals surface area contributed by atoms with Crippen molar-refractivity contribution in [3.8, 4) is 5.75 Å². The minimum Gasteiger partial charge on any atom is -0.497 e. The number of nitrogens with zero attached hydrogens (tertiary/aromatic N) is 3. The number of methoxy groups -OCH3 is 1. The zero-order valence-corrected chi connectivity index (χ0v) is 16.8. The molecular formula is C21H30N4O3.